The number of nitrogens with zero attached hydrogens (tertiary/aromatic N) is 2. The Morgan fingerprint density at radius 3 is 2.70 bits per heavy atom. The van der Waals surface area contributed by atoms with Crippen molar-refractivity contribution in [3.8, 4) is 5.69 Å². The molecule has 2 aromatic rings. The molecule has 20 heavy (non-hydrogen) atoms. The van der Waals surface area contributed by atoms with Gasteiger partial charge in [-0.2, -0.15) is 0 Å². The van der Waals surface area contributed by atoms with E-state index in [1.165, 1.54) is 6.07 Å². The van der Waals surface area contributed by atoms with Crippen LogP contribution in [0.15, 0.2) is 30.6 Å². The molecule has 0 fully saturated rings. The van der Waals surface area contributed by atoms with Crippen LogP contribution >= 0.6 is 0 Å². The molecule has 1 heterocycles. The first kappa shape index (κ1) is 14.7. The molecule has 0 spiro atoms. The number of aromatic nitrogens is 2. The summed E-state index contributed by atoms with van der Waals surface area (Å²) in [5, 5.41) is 3.35. The smallest absolute Gasteiger partial charge is 0.129 e. The molecule has 0 aliphatic rings. The first-order valence-electron chi connectivity index (χ1n) is 6.97. The quantitative estimate of drug-likeness (QED) is 0.926. The third kappa shape index (κ3) is 3.25. The Balaban J connectivity index is 2.41. The van der Waals surface area contributed by atoms with E-state index in [1.54, 1.807) is 12.3 Å². The second-order valence-electron chi connectivity index (χ2n) is 5.91. The molecule has 0 saturated heterocycles. The number of rotatable bonds is 4. The second kappa shape index (κ2) is 5.75. The zero-order chi connectivity index (χ0) is 14.8. The van der Waals surface area contributed by atoms with Crippen molar-refractivity contribution in [3.63, 3.8) is 0 Å². The zero-order valence-electron chi connectivity index (χ0n) is 12.6. The summed E-state index contributed by atoms with van der Waals surface area (Å²) in [4.78, 5) is 4.31. The van der Waals surface area contributed by atoms with Crippen LogP contribution in [0.4, 0.5) is 4.39 Å². The minimum atomic E-state index is -0.185. The summed E-state index contributed by atoms with van der Waals surface area (Å²) in [7, 11) is 0. The Bertz CT molecular complexity index is 582. The fraction of sp³-hybridized carbons (Fsp3) is 0.438. The molecule has 4 heteroatoms. The monoisotopic (exact) mass is 275 g/mol. The number of hydrogen-bond acceptors (Lipinski definition) is 2. The summed E-state index contributed by atoms with van der Waals surface area (Å²) in [6.45, 7) is 8.75. The summed E-state index contributed by atoms with van der Waals surface area (Å²) in [5.41, 5.74) is 1.48. The van der Waals surface area contributed by atoms with Crippen molar-refractivity contribution in [3.05, 3.63) is 47.8 Å². The number of imidazole rings is 1. The maximum atomic E-state index is 14.2. The van der Waals surface area contributed by atoms with Crippen LogP contribution in [0.3, 0.4) is 0 Å². The van der Waals surface area contributed by atoms with E-state index in [2.05, 4.69) is 31.1 Å². The van der Waals surface area contributed by atoms with E-state index in [-0.39, 0.29) is 11.4 Å². The molecule has 0 radical (unpaired) electrons. The predicted molar refractivity (Wildman–Crippen MR) is 79.5 cm³/mol. The van der Waals surface area contributed by atoms with Gasteiger partial charge in [-0.25, -0.2) is 9.37 Å². The Kier molecular flexibility index (Phi) is 4.23. The SMILES string of the molecule is CCc1nccn1-c1cccc(F)c1CNC(C)(C)C. The van der Waals surface area contributed by atoms with Crippen molar-refractivity contribution in [1.29, 1.82) is 0 Å². The Labute approximate surface area is 119 Å². The Morgan fingerprint density at radius 2 is 2.05 bits per heavy atom. The van der Waals surface area contributed by atoms with Crippen LogP contribution in [0.2, 0.25) is 0 Å². The maximum Gasteiger partial charge on any atom is 0.129 e. The normalized spacial score (nSPS) is 11.8. The molecule has 0 aliphatic carbocycles. The van der Waals surface area contributed by atoms with Gasteiger partial charge in [0.15, 0.2) is 0 Å². The Hall–Kier alpha value is -1.68. The van der Waals surface area contributed by atoms with Gasteiger partial charge in [-0.3, -0.25) is 0 Å². The van der Waals surface area contributed by atoms with Gasteiger partial charge < -0.3 is 9.88 Å². The molecule has 0 saturated carbocycles. The lowest BCUT2D eigenvalue weighted by molar-refractivity contribution is 0.418. The van der Waals surface area contributed by atoms with E-state index in [0.717, 1.165) is 17.9 Å². The van der Waals surface area contributed by atoms with Crippen LogP contribution in [0.25, 0.3) is 5.69 Å². The molecule has 0 aliphatic heterocycles. The van der Waals surface area contributed by atoms with Gasteiger partial charge in [0.2, 0.25) is 0 Å². The van der Waals surface area contributed by atoms with E-state index in [4.69, 9.17) is 0 Å². The third-order valence-corrected chi connectivity index (χ3v) is 3.18. The summed E-state index contributed by atoms with van der Waals surface area (Å²) in [6.07, 6.45) is 4.45. The van der Waals surface area contributed by atoms with Gasteiger partial charge in [0.1, 0.15) is 11.6 Å². The highest BCUT2D eigenvalue weighted by atomic mass is 19.1. The van der Waals surface area contributed by atoms with E-state index >= 15 is 0 Å². The molecule has 1 aromatic carbocycles. The average Bonchev–Trinajstić information content (AvgIpc) is 2.84. The summed E-state index contributed by atoms with van der Waals surface area (Å²) >= 11 is 0. The van der Waals surface area contributed by atoms with Crippen molar-refractivity contribution in [2.45, 2.75) is 46.2 Å². The first-order chi connectivity index (χ1) is 9.42. The van der Waals surface area contributed by atoms with Crippen molar-refractivity contribution in [2.75, 3.05) is 0 Å². The topological polar surface area (TPSA) is 29.9 Å². The molecule has 0 unspecified atom stereocenters. The van der Waals surface area contributed by atoms with Gasteiger partial charge >= 0.3 is 0 Å². The van der Waals surface area contributed by atoms with E-state index in [0.29, 0.717) is 12.1 Å². The van der Waals surface area contributed by atoms with E-state index < -0.39 is 0 Å². The molecular weight excluding hydrogens is 253 g/mol. The third-order valence-electron chi connectivity index (χ3n) is 3.18. The van der Waals surface area contributed by atoms with Crippen LogP contribution in [-0.2, 0) is 13.0 Å². The molecule has 1 N–H and O–H groups in total. The highest BCUT2D eigenvalue weighted by Crippen LogP contribution is 2.20. The minimum absolute atomic E-state index is 0.0535. The lowest BCUT2D eigenvalue weighted by Gasteiger charge is -2.22. The van der Waals surface area contributed by atoms with Crippen molar-refractivity contribution in [1.82, 2.24) is 14.9 Å². The van der Waals surface area contributed by atoms with Crippen molar-refractivity contribution < 1.29 is 4.39 Å². The number of hydrogen-bond donors (Lipinski definition) is 1. The summed E-state index contributed by atoms with van der Waals surface area (Å²) in [6, 6.07) is 5.18. The van der Waals surface area contributed by atoms with Gasteiger partial charge in [-0.1, -0.05) is 13.0 Å². The van der Waals surface area contributed by atoms with Gasteiger partial charge in [0.25, 0.3) is 0 Å². The molecule has 1 aromatic heterocycles. The van der Waals surface area contributed by atoms with Gasteiger partial charge in [0.05, 0.1) is 5.69 Å². The standard InChI is InChI=1S/C16H22FN3/c1-5-15-18-9-10-20(15)14-8-6-7-13(17)12(14)11-19-16(2,3)4/h6-10,19H,5,11H2,1-4H3. The maximum absolute atomic E-state index is 14.2. The number of halogens is 1. The highest BCUT2D eigenvalue weighted by Gasteiger charge is 2.15. The lowest BCUT2D eigenvalue weighted by Crippen LogP contribution is -2.35. The van der Waals surface area contributed by atoms with Gasteiger partial charge in [-0.05, 0) is 32.9 Å². The molecule has 3 nitrogen and oxygen atoms in total. The van der Waals surface area contributed by atoms with Crippen LogP contribution in [0.5, 0.6) is 0 Å². The van der Waals surface area contributed by atoms with E-state index in [9.17, 15) is 4.39 Å². The van der Waals surface area contributed by atoms with Crippen LogP contribution in [0, 0.1) is 5.82 Å². The van der Waals surface area contributed by atoms with Crippen molar-refractivity contribution in [2.24, 2.45) is 0 Å². The molecule has 108 valence electrons. The Morgan fingerprint density at radius 1 is 1.30 bits per heavy atom. The lowest BCUT2D eigenvalue weighted by atomic mass is 10.1. The number of nitrogens with one attached hydrogen (secondary N) is 1. The predicted octanol–water partition coefficient (Wildman–Crippen LogP) is 3.46. The number of aryl methyl sites for hydroxylation is 1. The van der Waals surface area contributed by atoms with Crippen LogP contribution < -0.4 is 5.32 Å². The zero-order valence-corrected chi connectivity index (χ0v) is 12.6. The molecule has 0 amide bonds. The molecule has 0 atom stereocenters. The van der Waals surface area contributed by atoms with Gasteiger partial charge in [0, 0.05) is 36.5 Å². The second-order valence-corrected chi connectivity index (χ2v) is 5.91. The van der Waals surface area contributed by atoms with Crippen LogP contribution in [-0.4, -0.2) is 15.1 Å². The fourth-order valence-electron chi connectivity index (χ4n) is 2.12. The average molecular weight is 275 g/mol. The fourth-order valence-corrected chi connectivity index (χ4v) is 2.12. The largest absolute Gasteiger partial charge is 0.308 e. The van der Waals surface area contributed by atoms with E-state index in [1.807, 2.05) is 23.8 Å². The summed E-state index contributed by atoms with van der Waals surface area (Å²) in [5.74, 6) is 0.752. The minimum Gasteiger partial charge on any atom is -0.308 e. The molecular formula is C16H22FN3. The molecule has 0 bridgehead atoms. The first-order valence-corrected chi connectivity index (χ1v) is 6.97. The number of benzene rings is 1. The van der Waals surface area contributed by atoms with Crippen LogP contribution in [0.1, 0.15) is 39.1 Å². The summed E-state index contributed by atoms with van der Waals surface area (Å²) < 4.78 is 16.1. The highest BCUT2D eigenvalue weighted by molar-refractivity contribution is 5.43. The van der Waals surface area contributed by atoms with Gasteiger partial charge in [-0.15, -0.1) is 0 Å². The van der Waals surface area contributed by atoms with Crippen molar-refractivity contribution >= 4 is 0 Å². The molecule has 2 rings (SSSR count).